The summed E-state index contributed by atoms with van der Waals surface area (Å²) in [6, 6.07) is 8.26. The van der Waals surface area contributed by atoms with Gasteiger partial charge in [0.05, 0.1) is 0 Å². The minimum Gasteiger partial charge on any atom is -0.330 e. The van der Waals surface area contributed by atoms with Gasteiger partial charge in [0.1, 0.15) is 5.67 Å². The lowest BCUT2D eigenvalue weighted by Gasteiger charge is -2.17. The number of rotatable bonds is 4. The number of halogens is 1. The Bertz CT molecular complexity index is 375. The summed E-state index contributed by atoms with van der Waals surface area (Å²) in [6.45, 7) is 3.94. The third-order valence-electron chi connectivity index (χ3n) is 3.41. The van der Waals surface area contributed by atoms with E-state index in [9.17, 15) is 4.39 Å². The van der Waals surface area contributed by atoms with Crippen LogP contribution in [0.2, 0.25) is 0 Å². The van der Waals surface area contributed by atoms with Crippen LogP contribution in [-0.2, 0) is 11.8 Å². The molecule has 0 saturated heterocycles. The van der Waals surface area contributed by atoms with Gasteiger partial charge in [-0.1, -0.05) is 24.3 Å². The van der Waals surface area contributed by atoms with Crippen LogP contribution in [0.3, 0.4) is 0 Å². The van der Waals surface area contributed by atoms with Gasteiger partial charge in [-0.05, 0) is 37.8 Å². The summed E-state index contributed by atoms with van der Waals surface area (Å²) < 4.78 is 13.6. The van der Waals surface area contributed by atoms with Crippen LogP contribution >= 0.6 is 0 Å². The van der Waals surface area contributed by atoms with Gasteiger partial charge in [-0.3, -0.25) is 0 Å². The molecular weight excluding hydrogens is 201 g/mol. The third kappa shape index (κ3) is 2.43. The van der Waals surface area contributed by atoms with Crippen molar-refractivity contribution in [3.63, 3.8) is 0 Å². The molecule has 2 N–H and O–H groups in total. The second-order valence-corrected chi connectivity index (χ2v) is 5.58. The van der Waals surface area contributed by atoms with E-state index in [0.29, 0.717) is 13.0 Å². The van der Waals surface area contributed by atoms with Gasteiger partial charge in [0.2, 0.25) is 0 Å². The maximum atomic E-state index is 13.6. The van der Waals surface area contributed by atoms with E-state index in [1.807, 2.05) is 12.1 Å². The SMILES string of the molecule is CC(C)(F)Cc1cccc(C2(CN)CC2)c1. The zero-order valence-electron chi connectivity index (χ0n) is 10.1. The number of alkyl halides is 1. The molecule has 0 atom stereocenters. The summed E-state index contributed by atoms with van der Waals surface area (Å²) in [6.07, 6.45) is 2.82. The molecule has 0 aromatic heterocycles. The molecule has 2 heteroatoms. The molecule has 1 aromatic rings. The predicted molar refractivity (Wildman–Crippen MR) is 65.3 cm³/mol. The van der Waals surface area contributed by atoms with Crippen LogP contribution in [0.1, 0.15) is 37.8 Å². The molecule has 0 amide bonds. The van der Waals surface area contributed by atoms with Crippen LogP contribution in [0.4, 0.5) is 4.39 Å². The first-order chi connectivity index (χ1) is 7.45. The summed E-state index contributed by atoms with van der Waals surface area (Å²) in [7, 11) is 0. The van der Waals surface area contributed by atoms with E-state index in [-0.39, 0.29) is 5.41 Å². The van der Waals surface area contributed by atoms with Crippen molar-refractivity contribution >= 4 is 0 Å². The predicted octanol–water partition coefficient (Wildman–Crippen LogP) is 2.97. The van der Waals surface area contributed by atoms with Crippen LogP contribution in [0.15, 0.2) is 24.3 Å². The molecule has 2 rings (SSSR count). The second kappa shape index (κ2) is 3.85. The molecule has 1 aliphatic rings. The first-order valence-corrected chi connectivity index (χ1v) is 5.94. The largest absolute Gasteiger partial charge is 0.330 e. The Hall–Kier alpha value is -0.890. The van der Waals surface area contributed by atoms with E-state index in [1.165, 1.54) is 18.4 Å². The first kappa shape index (κ1) is 11.6. The molecule has 0 aliphatic heterocycles. The molecule has 0 heterocycles. The fourth-order valence-electron chi connectivity index (χ4n) is 2.26. The van der Waals surface area contributed by atoms with Crippen LogP contribution < -0.4 is 5.73 Å². The lowest BCUT2D eigenvalue weighted by molar-refractivity contribution is 0.217. The van der Waals surface area contributed by atoms with Crippen molar-refractivity contribution in [2.24, 2.45) is 5.73 Å². The minimum atomic E-state index is -1.14. The van der Waals surface area contributed by atoms with Gasteiger partial charge >= 0.3 is 0 Å². The lowest BCUT2D eigenvalue weighted by Crippen LogP contribution is -2.20. The summed E-state index contributed by atoms with van der Waals surface area (Å²) in [5.74, 6) is 0. The Morgan fingerprint density at radius 2 is 2.06 bits per heavy atom. The Kier molecular flexibility index (Phi) is 2.79. The van der Waals surface area contributed by atoms with Crippen molar-refractivity contribution in [1.82, 2.24) is 0 Å². The Balaban J connectivity index is 2.20. The minimum absolute atomic E-state index is 0.205. The van der Waals surface area contributed by atoms with E-state index in [4.69, 9.17) is 5.73 Å². The van der Waals surface area contributed by atoms with Gasteiger partial charge in [0.15, 0.2) is 0 Å². The normalized spacial score (nSPS) is 18.5. The van der Waals surface area contributed by atoms with Crippen molar-refractivity contribution in [2.45, 2.75) is 44.2 Å². The molecule has 1 nitrogen and oxygen atoms in total. The van der Waals surface area contributed by atoms with Crippen molar-refractivity contribution in [1.29, 1.82) is 0 Å². The quantitative estimate of drug-likeness (QED) is 0.831. The maximum absolute atomic E-state index is 13.6. The van der Waals surface area contributed by atoms with Crippen molar-refractivity contribution in [3.8, 4) is 0 Å². The van der Waals surface area contributed by atoms with E-state index in [2.05, 4.69) is 12.1 Å². The van der Waals surface area contributed by atoms with Gasteiger partial charge < -0.3 is 5.73 Å². The topological polar surface area (TPSA) is 26.0 Å². The van der Waals surface area contributed by atoms with E-state index < -0.39 is 5.67 Å². The fraction of sp³-hybridized carbons (Fsp3) is 0.571. The van der Waals surface area contributed by atoms with E-state index in [0.717, 1.165) is 5.56 Å². The van der Waals surface area contributed by atoms with Gasteiger partial charge in [-0.25, -0.2) is 4.39 Å². The third-order valence-corrected chi connectivity index (χ3v) is 3.41. The average Bonchev–Trinajstić information content (AvgIpc) is 2.96. The average molecular weight is 221 g/mol. The smallest absolute Gasteiger partial charge is 0.109 e. The van der Waals surface area contributed by atoms with E-state index in [1.54, 1.807) is 13.8 Å². The monoisotopic (exact) mass is 221 g/mol. The van der Waals surface area contributed by atoms with Gasteiger partial charge in [0.25, 0.3) is 0 Å². The molecule has 0 unspecified atom stereocenters. The zero-order chi connectivity index (χ0) is 11.8. The molecule has 1 aliphatic carbocycles. The molecule has 1 aromatic carbocycles. The van der Waals surface area contributed by atoms with Gasteiger partial charge in [-0.2, -0.15) is 0 Å². The molecule has 0 spiro atoms. The lowest BCUT2D eigenvalue weighted by atomic mass is 9.92. The Labute approximate surface area is 96.9 Å². The van der Waals surface area contributed by atoms with Crippen LogP contribution in [-0.4, -0.2) is 12.2 Å². The molecule has 88 valence electrons. The van der Waals surface area contributed by atoms with Crippen molar-refractivity contribution < 1.29 is 4.39 Å². The Morgan fingerprint density at radius 1 is 1.38 bits per heavy atom. The summed E-state index contributed by atoms with van der Waals surface area (Å²) in [4.78, 5) is 0. The molecule has 0 bridgehead atoms. The van der Waals surface area contributed by atoms with E-state index >= 15 is 0 Å². The molecular formula is C14H20FN. The van der Waals surface area contributed by atoms with Crippen LogP contribution in [0, 0.1) is 0 Å². The van der Waals surface area contributed by atoms with Crippen molar-refractivity contribution in [3.05, 3.63) is 35.4 Å². The molecule has 0 radical (unpaired) electrons. The number of hydrogen-bond donors (Lipinski definition) is 1. The Morgan fingerprint density at radius 3 is 2.56 bits per heavy atom. The summed E-state index contributed by atoms with van der Waals surface area (Å²) in [5.41, 5.74) is 7.23. The summed E-state index contributed by atoms with van der Waals surface area (Å²) in [5, 5.41) is 0. The highest BCUT2D eigenvalue weighted by Crippen LogP contribution is 2.47. The maximum Gasteiger partial charge on any atom is 0.109 e. The molecule has 1 fully saturated rings. The fourth-order valence-corrected chi connectivity index (χ4v) is 2.26. The highest BCUT2D eigenvalue weighted by Gasteiger charge is 2.42. The summed E-state index contributed by atoms with van der Waals surface area (Å²) >= 11 is 0. The number of benzene rings is 1. The number of hydrogen-bond acceptors (Lipinski definition) is 1. The van der Waals surface area contributed by atoms with Crippen LogP contribution in [0.25, 0.3) is 0 Å². The zero-order valence-corrected chi connectivity index (χ0v) is 10.1. The molecule has 1 saturated carbocycles. The van der Waals surface area contributed by atoms with Crippen LogP contribution in [0.5, 0.6) is 0 Å². The number of nitrogens with two attached hydrogens (primary N) is 1. The highest BCUT2D eigenvalue weighted by atomic mass is 19.1. The second-order valence-electron chi connectivity index (χ2n) is 5.58. The first-order valence-electron chi connectivity index (χ1n) is 5.94. The standard InChI is InChI=1S/C14H20FN/c1-13(2,15)9-11-4-3-5-12(8-11)14(10-16)6-7-14/h3-5,8H,6-7,9-10,16H2,1-2H3. The molecule has 16 heavy (non-hydrogen) atoms. The highest BCUT2D eigenvalue weighted by molar-refractivity contribution is 5.35. The van der Waals surface area contributed by atoms with Crippen molar-refractivity contribution in [2.75, 3.05) is 6.54 Å². The van der Waals surface area contributed by atoms with Gasteiger partial charge in [-0.15, -0.1) is 0 Å². The van der Waals surface area contributed by atoms with Gasteiger partial charge in [0, 0.05) is 18.4 Å².